The number of carbonyl (C=O) groups excluding carboxylic acids is 1. The van der Waals surface area contributed by atoms with E-state index in [0.717, 1.165) is 12.2 Å². The normalized spacial score (nSPS) is 46.7. The second-order valence-electron chi connectivity index (χ2n) is 5.55. The highest BCUT2D eigenvalue weighted by Crippen LogP contribution is 2.68. The second kappa shape index (κ2) is 2.59. The van der Waals surface area contributed by atoms with Crippen LogP contribution in [0.4, 0.5) is 0 Å². The van der Waals surface area contributed by atoms with E-state index in [0.29, 0.717) is 16.7 Å². The Morgan fingerprint density at radius 2 is 2.00 bits per heavy atom. The van der Waals surface area contributed by atoms with Gasteiger partial charge in [-0.2, -0.15) is 0 Å². The number of aldehydes is 1. The van der Waals surface area contributed by atoms with Gasteiger partial charge in [-0.25, -0.2) is 0 Å². The molecular weight excluding hydrogens is 160 g/mol. The van der Waals surface area contributed by atoms with E-state index in [2.05, 4.69) is 20.8 Å². The van der Waals surface area contributed by atoms with Crippen molar-refractivity contribution in [2.75, 3.05) is 0 Å². The van der Waals surface area contributed by atoms with Gasteiger partial charge in [0.1, 0.15) is 6.29 Å². The van der Waals surface area contributed by atoms with Crippen LogP contribution in [0.1, 0.15) is 40.0 Å². The van der Waals surface area contributed by atoms with E-state index in [1.54, 1.807) is 0 Å². The number of carbonyl (C=O) groups is 1. The Balaban J connectivity index is 2.27. The maximum absolute atomic E-state index is 10.5. The quantitative estimate of drug-likeness (QED) is 0.596. The highest BCUT2D eigenvalue weighted by atomic mass is 16.1. The molecule has 0 spiro atoms. The van der Waals surface area contributed by atoms with Crippen molar-refractivity contribution in [3.63, 3.8) is 0 Å². The van der Waals surface area contributed by atoms with Crippen LogP contribution in [-0.4, -0.2) is 6.29 Å². The Bertz CT molecular complexity index is 231. The molecule has 0 aromatic rings. The number of hydrogen-bond acceptors (Lipinski definition) is 1. The number of hydrogen-bond donors (Lipinski definition) is 0. The Labute approximate surface area is 80.9 Å². The largest absolute Gasteiger partial charge is 0.303 e. The summed E-state index contributed by atoms with van der Waals surface area (Å²) < 4.78 is 0. The highest BCUT2D eigenvalue weighted by molar-refractivity contribution is 5.62. The fourth-order valence-electron chi connectivity index (χ4n) is 3.65. The summed E-state index contributed by atoms with van der Waals surface area (Å²) in [5.41, 5.74) is 0.829. The zero-order valence-electron chi connectivity index (χ0n) is 8.84. The molecule has 73 valence electrons. The Kier molecular flexibility index (Phi) is 1.84. The minimum atomic E-state index is 0.387. The van der Waals surface area contributed by atoms with Gasteiger partial charge in [-0.05, 0) is 41.9 Å². The fraction of sp³-hybridized carbons (Fsp3) is 0.833. The maximum atomic E-state index is 10.5. The van der Waals surface area contributed by atoms with Gasteiger partial charge in [-0.3, -0.25) is 0 Å². The van der Waals surface area contributed by atoms with Gasteiger partial charge >= 0.3 is 0 Å². The summed E-state index contributed by atoms with van der Waals surface area (Å²) in [6, 6.07) is 0. The van der Waals surface area contributed by atoms with Crippen molar-refractivity contribution in [2.45, 2.75) is 40.0 Å². The highest BCUT2D eigenvalue weighted by Gasteiger charge is 2.60. The predicted octanol–water partition coefficient (Wildman–Crippen LogP) is 2.85. The molecule has 0 amide bonds. The molecule has 3 atom stereocenters. The SMILES string of the molecule is CC1(C)C2CCC1(C)C([CH]C=O)C2. The van der Waals surface area contributed by atoms with E-state index in [4.69, 9.17) is 0 Å². The molecule has 0 aromatic carbocycles. The van der Waals surface area contributed by atoms with Crippen LogP contribution >= 0.6 is 0 Å². The lowest BCUT2D eigenvalue weighted by Gasteiger charge is -2.38. The average molecular weight is 179 g/mol. The zero-order valence-corrected chi connectivity index (χ0v) is 8.84. The minimum Gasteiger partial charge on any atom is -0.303 e. The van der Waals surface area contributed by atoms with E-state index >= 15 is 0 Å². The van der Waals surface area contributed by atoms with E-state index in [1.165, 1.54) is 19.3 Å². The summed E-state index contributed by atoms with van der Waals surface area (Å²) in [7, 11) is 0. The van der Waals surface area contributed by atoms with Gasteiger partial charge in [-0.15, -0.1) is 0 Å². The van der Waals surface area contributed by atoms with Crippen LogP contribution in [-0.2, 0) is 4.79 Å². The molecular formula is C12H19O. The molecule has 2 aliphatic carbocycles. The van der Waals surface area contributed by atoms with Gasteiger partial charge in [0.05, 0.1) is 0 Å². The number of rotatable bonds is 2. The van der Waals surface area contributed by atoms with Crippen LogP contribution in [0.15, 0.2) is 0 Å². The molecule has 2 saturated carbocycles. The molecule has 0 aliphatic heterocycles. The van der Waals surface area contributed by atoms with Crippen LogP contribution in [0.25, 0.3) is 0 Å². The van der Waals surface area contributed by atoms with Crippen molar-refractivity contribution in [1.82, 2.24) is 0 Å². The average Bonchev–Trinajstić information content (AvgIpc) is 2.37. The van der Waals surface area contributed by atoms with Crippen molar-refractivity contribution in [3.8, 4) is 0 Å². The lowest BCUT2D eigenvalue weighted by Crippen LogP contribution is -2.32. The van der Waals surface area contributed by atoms with E-state index in [-0.39, 0.29) is 0 Å². The Morgan fingerprint density at radius 1 is 1.31 bits per heavy atom. The molecule has 0 N–H and O–H groups in total. The van der Waals surface area contributed by atoms with Crippen molar-refractivity contribution in [2.24, 2.45) is 22.7 Å². The second-order valence-corrected chi connectivity index (χ2v) is 5.55. The zero-order chi connectivity index (χ0) is 9.69. The topological polar surface area (TPSA) is 17.1 Å². The third-order valence-corrected chi connectivity index (χ3v) is 5.17. The molecule has 13 heavy (non-hydrogen) atoms. The van der Waals surface area contributed by atoms with Gasteiger partial charge in [0.2, 0.25) is 0 Å². The van der Waals surface area contributed by atoms with Crippen molar-refractivity contribution in [3.05, 3.63) is 6.42 Å². The number of fused-ring (bicyclic) bond motifs is 2. The molecule has 1 nitrogen and oxygen atoms in total. The third kappa shape index (κ3) is 0.963. The summed E-state index contributed by atoms with van der Waals surface area (Å²) in [6.07, 6.45) is 6.79. The van der Waals surface area contributed by atoms with Crippen LogP contribution in [0, 0.1) is 29.1 Å². The first-order valence-electron chi connectivity index (χ1n) is 5.31. The summed E-state index contributed by atoms with van der Waals surface area (Å²) in [4.78, 5) is 10.5. The molecule has 3 unspecified atom stereocenters. The van der Waals surface area contributed by atoms with Gasteiger partial charge in [-0.1, -0.05) is 20.8 Å². The van der Waals surface area contributed by atoms with Crippen LogP contribution < -0.4 is 0 Å². The monoisotopic (exact) mass is 179 g/mol. The molecule has 2 bridgehead atoms. The lowest BCUT2D eigenvalue weighted by molar-refractivity contribution is -0.106. The van der Waals surface area contributed by atoms with E-state index in [1.807, 2.05) is 6.42 Å². The van der Waals surface area contributed by atoms with Gasteiger partial charge in [0, 0.05) is 6.42 Å². The first kappa shape index (κ1) is 9.23. The summed E-state index contributed by atoms with van der Waals surface area (Å²) >= 11 is 0. The molecule has 1 radical (unpaired) electrons. The first-order chi connectivity index (χ1) is 6.02. The first-order valence-corrected chi connectivity index (χ1v) is 5.31. The molecule has 1 heteroatoms. The molecule has 2 fully saturated rings. The molecule has 0 saturated heterocycles. The standard InChI is InChI=1S/C12H19O/c1-11(2)9-4-6-12(11,3)10(8-9)5-7-13/h5,7,9-10H,4,6,8H2,1-3H3. The summed E-state index contributed by atoms with van der Waals surface area (Å²) in [6.45, 7) is 7.12. The van der Waals surface area contributed by atoms with Crippen LogP contribution in [0.2, 0.25) is 0 Å². The molecule has 2 rings (SSSR count). The Hall–Kier alpha value is -0.330. The van der Waals surface area contributed by atoms with Gasteiger partial charge in [0.15, 0.2) is 0 Å². The van der Waals surface area contributed by atoms with E-state index < -0.39 is 0 Å². The Morgan fingerprint density at radius 3 is 2.38 bits per heavy atom. The van der Waals surface area contributed by atoms with Crippen molar-refractivity contribution < 1.29 is 4.79 Å². The minimum absolute atomic E-state index is 0.387. The molecule has 0 heterocycles. The van der Waals surface area contributed by atoms with Gasteiger partial charge < -0.3 is 4.79 Å². The van der Waals surface area contributed by atoms with Gasteiger partial charge in [0.25, 0.3) is 0 Å². The van der Waals surface area contributed by atoms with Crippen LogP contribution in [0.5, 0.6) is 0 Å². The van der Waals surface area contributed by atoms with Crippen molar-refractivity contribution >= 4 is 6.29 Å². The fourth-order valence-corrected chi connectivity index (χ4v) is 3.65. The molecule has 0 aromatic heterocycles. The summed E-state index contributed by atoms with van der Waals surface area (Å²) in [5, 5.41) is 0. The van der Waals surface area contributed by atoms with Crippen molar-refractivity contribution in [1.29, 1.82) is 0 Å². The van der Waals surface area contributed by atoms with Crippen LogP contribution in [0.3, 0.4) is 0 Å². The summed E-state index contributed by atoms with van der Waals surface area (Å²) in [5.74, 6) is 1.39. The third-order valence-electron chi connectivity index (χ3n) is 5.17. The van der Waals surface area contributed by atoms with E-state index in [9.17, 15) is 4.79 Å². The maximum Gasteiger partial charge on any atom is 0.124 e. The predicted molar refractivity (Wildman–Crippen MR) is 53.1 cm³/mol. The smallest absolute Gasteiger partial charge is 0.124 e. The lowest BCUT2D eigenvalue weighted by atomic mass is 9.66. The molecule has 2 aliphatic rings.